The summed E-state index contributed by atoms with van der Waals surface area (Å²) in [6, 6.07) is 0. The fraction of sp³-hybridized carbons (Fsp3) is 0.818. The Hall–Kier alpha value is -0.900. The minimum atomic E-state index is -0.205. The van der Waals surface area contributed by atoms with Crippen molar-refractivity contribution in [2.75, 3.05) is 0 Å². The van der Waals surface area contributed by atoms with E-state index in [1.807, 2.05) is 7.05 Å². The highest BCUT2D eigenvalue weighted by atomic mass is 16.3. The predicted molar refractivity (Wildman–Crippen MR) is 55.0 cm³/mol. The van der Waals surface area contributed by atoms with Crippen LogP contribution in [0.2, 0.25) is 0 Å². The summed E-state index contributed by atoms with van der Waals surface area (Å²) in [5.41, 5.74) is 0. The molecule has 2 aliphatic carbocycles. The van der Waals surface area contributed by atoms with Gasteiger partial charge in [0.05, 0.1) is 6.10 Å². The van der Waals surface area contributed by atoms with Crippen LogP contribution < -0.4 is 0 Å². The van der Waals surface area contributed by atoms with Crippen LogP contribution in [0.5, 0.6) is 0 Å². The van der Waals surface area contributed by atoms with E-state index in [0.717, 1.165) is 17.7 Å². The van der Waals surface area contributed by atoms with E-state index in [9.17, 15) is 5.11 Å². The molecule has 3 rings (SSSR count). The van der Waals surface area contributed by atoms with Gasteiger partial charge in [0.15, 0.2) is 0 Å². The van der Waals surface area contributed by atoms with Crippen LogP contribution in [0.1, 0.15) is 25.1 Å². The van der Waals surface area contributed by atoms with Gasteiger partial charge in [-0.1, -0.05) is 6.42 Å². The number of hydrogen-bond donors (Lipinski definition) is 1. The van der Waals surface area contributed by atoms with Crippen LogP contribution in [0.3, 0.4) is 0 Å². The lowest BCUT2D eigenvalue weighted by molar-refractivity contribution is 0.132. The standard InChI is InChI=1S/C11H17N3O/c1-14-10(12-6-13-14)5-9(15)11-7-3-2-4-8(7)11/h6-9,11,15H,2-5H2,1H3. The Morgan fingerprint density at radius 3 is 2.87 bits per heavy atom. The van der Waals surface area contributed by atoms with Gasteiger partial charge in [-0.05, 0) is 30.6 Å². The van der Waals surface area contributed by atoms with Gasteiger partial charge in [-0.3, -0.25) is 4.68 Å². The van der Waals surface area contributed by atoms with Crippen LogP contribution in [0, 0.1) is 17.8 Å². The zero-order valence-electron chi connectivity index (χ0n) is 9.00. The first-order valence-electron chi connectivity index (χ1n) is 5.78. The molecule has 0 radical (unpaired) electrons. The first-order valence-corrected chi connectivity index (χ1v) is 5.78. The summed E-state index contributed by atoms with van der Waals surface area (Å²) in [6.45, 7) is 0. The largest absolute Gasteiger partial charge is 0.392 e. The molecule has 2 fully saturated rings. The monoisotopic (exact) mass is 207 g/mol. The molecule has 0 spiro atoms. The van der Waals surface area contributed by atoms with Gasteiger partial charge in [0.1, 0.15) is 12.2 Å². The molecular formula is C11H17N3O. The number of hydrogen-bond acceptors (Lipinski definition) is 3. The molecule has 1 aromatic rings. The quantitative estimate of drug-likeness (QED) is 0.796. The van der Waals surface area contributed by atoms with Crippen LogP contribution in [-0.4, -0.2) is 26.0 Å². The van der Waals surface area contributed by atoms with Crippen molar-refractivity contribution in [1.29, 1.82) is 0 Å². The summed E-state index contributed by atoms with van der Waals surface area (Å²) in [5.74, 6) is 3.07. The molecule has 0 bridgehead atoms. The Morgan fingerprint density at radius 2 is 2.27 bits per heavy atom. The van der Waals surface area contributed by atoms with E-state index in [0.29, 0.717) is 12.3 Å². The van der Waals surface area contributed by atoms with E-state index in [2.05, 4.69) is 10.1 Å². The second kappa shape index (κ2) is 3.30. The van der Waals surface area contributed by atoms with E-state index < -0.39 is 0 Å². The van der Waals surface area contributed by atoms with Crippen molar-refractivity contribution in [3.63, 3.8) is 0 Å². The number of fused-ring (bicyclic) bond motifs is 1. The molecule has 0 saturated heterocycles. The van der Waals surface area contributed by atoms with Crippen LogP contribution in [-0.2, 0) is 13.5 Å². The third-order valence-corrected chi connectivity index (χ3v) is 4.11. The van der Waals surface area contributed by atoms with Crippen LogP contribution in [0.4, 0.5) is 0 Å². The fourth-order valence-electron chi connectivity index (χ4n) is 3.28. The molecule has 15 heavy (non-hydrogen) atoms. The van der Waals surface area contributed by atoms with Crippen molar-refractivity contribution < 1.29 is 5.11 Å². The number of aromatic nitrogens is 3. The average Bonchev–Trinajstić information content (AvgIpc) is 2.60. The number of aliphatic hydroxyl groups is 1. The Bertz CT molecular complexity index is 352. The zero-order valence-corrected chi connectivity index (χ0v) is 9.00. The molecule has 2 saturated carbocycles. The number of nitrogens with zero attached hydrogens (tertiary/aromatic N) is 3. The van der Waals surface area contributed by atoms with Crippen molar-refractivity contribution in [2.24, 2.45) is 24.8 Å². The molecule has 4 nitrogen and oxygen atoms in total. The second-order valence-electron chi connectivity index (χ2n) is 4.91. The zero-order chi connectivity index (χ0) is 10.4. The van der Waals surface area contributed by atoms with E-state index in [1.54, 1.807) is 11.0 Å². The highest BCUT2D eigenvalue weighted by molar-refractivity contribution is 5.06. The van der Waals surface area contributed by atoms with Gasteiger partial charge >= 0.3 is 0 Å². The molecule has 1 N–H and O–H groups in total. The molecule has 0 amide bonds. The topological polar surface area (TPSA) is 50.9 Å². The van der Waals surface area contributed by atoms with Crippen molar-refractivity contribution in [3.8, 4) is 0 Å². The minimum Gasteiger partial charge on any atom is -0.392 e. The molecule has 3 unspecified atom stereocenters. The van der Waals surface area contributed by atoms with Gasteiger partial charge in [-0.25, -0.2) is 4.98 Å². The summed E-state index contributed by atoms with van der Waals surface area (Å²) in [5, 5.41) is 14.1. The summed E-state index contributed by atoms with van der Waals surface area (Å²) in [4.78, 5) is 4.15. The SMILES string of the molecule is Cn1ncnc1CC(O)C1C2CCCC21. The molecule has 1 aromatic heterocycles. The summed E-state index contributed by atoms with van der Waals surface area (Å²) in [7, 11) is 1.88. The number of aryl methyl sites for hydroxylation is 1. The van der Waals surface area contributed by atoms with Crippen molar-refractivity contribution in [1.82, 2.24) is 14.8 Å². The Morgan fingerprint density at radius 1 is 1.53 bits per heavy atom. The summed E-state index contributed by atoms with van der Waals surface area (Å²) < 4.78 is 1.75. The van der Waals surface area contributed by atoms with E-state index in [-0.39, 0.29) is 6.10 Å². The van der Waals surface area contributed by atoms with Crippen LogP contribution in [0.15, 0.2) is 6.33 Å². The van der Waals surface area contributed by atoms with Crippen molar-refractivity contribution >= 4 is 0 Å². The lowest BCUT2D eigenvalue weighted by Gasteiger charge is -2.11. The maximum absolute atomic E-state index is 10.1. The van der Waals surface area contributed by atoms with Crippen molar-refractivity contribution in [2.45, 2.75) is 31.8 Å². The molecule has 3 atom stereocenters. The molecule has 2 aliphatic rings. The van der Waals surface area contributed by atoms with Gasteiger partial charge < -0.3 is 5.11 Å². The third-order valence-electron chi connectivity index (χ3n) is 4.11. The highest BCUT2D eigenvalue weighted by Gasteiger charge is 2.55. The molecular weight excluding hydrogens is 190 g/mol. The van der Waals surface area contributed by atoms with Gasteiger partial charge in [0.2, 0.25) is 0 Å². The Balaban J connectivity index is 1.63. The fourth-order valence-corrected chi connectivity index (χ4v) is 3.28. The Kier molecular flexibility index (Phi) is 2.06. The normalized spacial score (nSPS) is 35.2. The molecule has 1 heterocycles. The molecule has 82 valence electrons. The van der Waals surface area contributed by atoms with E-state index in [1.165, 1.54) is 19.3 Å². The van der Waals surface area contributed by atoms with Gasteiger partial charge in [-0.2, -0.15) is 5.10 Å². The third kappa shape index (κ3) is 1.47. The number of rotatable bonds is 3. The number of aliphatic hydroxyl groups excluding tert-OH is 1. The summed E-state index contributed by atoms with van der Waals surface area (Å²) >= 11 is 0. The van der Waals surface area contributed by atoms with Crippen LogP contribution in [0.25, 0.3) is 0 Å². The molecule has 4 heteroatoms. The smallest absolute Gasteiger partial charge is 0.138 e. The lowest BCUT2D eigenvalue weighted by Crippen LogP contribution is -2.18. The van der Waals surface area contributed by atoms with E-state index >= 15 is 0 Å². The molecule has 0 aromatic carbocycles. The highest BCUT2D eigenvalue weighted by Crippen LogP contribution is 2.59. The first kappa shape index (κ1) is 9.33. The average molecular weight is 207 g/mol. The maximum Gasteiger partial charge on any atom is 0.138 e. The van der Waals surface area contributed by atoms with Gasteiger partial charge in [-0.15, -0.1) is 0 Å². The lowest BCUT2D eigenvalue weighted by atomic mass is 10.0. The predicted octanol–water partition coefficient (Wildman–Crippen LogP) is 0.765. The first-order chi connectivity index (χ1) is 7.27. The van der Waals surface area contributed by atoms with Gasteiger partial charge in [0, 0.05) is 13.5 Å². The second-order valence-corrected chi connectivity index (χ2v) is 4.91. The molecule has 0 aliphatic heterocycles. The maximum atomic E-state index is 10.1. The Labute approximate surface area is 89.3 Å². The van der Waals surface area contributed by atoms with E-state index in [4.69, 9.17) is 0 Å². The van der Waals surface area contributed by atoms with Crippen LogP contribution >= 0.6 is 0 Å². The van der Waals surface area contributed by atoms with Gasteiger partial charge in [0.25, 0.3) is 0 Å². The van der Waals surface area contributed by atoms with Crippen molar-refractivity contribution in [3.05, 3.63) is 12.2 Å². The minimum absolute atomic E-state index is 0.205. The summed E-state index contributed by atoms with van der Waals surface area (Å²) in [6.07, 6.45) is 6.02.